The van der Waals surface area contributed by atoms with Gasteiger partial charge in [-0.3, -0.25) is 0 Å². The number of rotatable bonds is 1. The first-order valence-corrected chi connectivity index (χ1v) is 4.47. The summed E-state index contributed by atoms with van der Waals surface area (Å²) in [6, 6.07) is 0. The van der Waals surface area contributed by atoms with Crippen LogP contribution >= 0.6 is 0 Å². The molecule has 1 aliphatic rings. The normalized spacial score (nSPS) is 15.9. The van der Waals surface area contributed by atoms with Crippen molar-refractivity contribution in [3.8, 4) is 5.88 Å². The van der Waals surface area contributed by atoms with Crippen LogP contribution in [0.2, 0.25) is 0 Å². The molecule has 0 fully saturated rings. The molecule has 0 aromatic carbocycles. The topological polar surface area (TPSA) is 27.1 Å². The molecule has 1 aromatic rings. The van der Waals surface area contributed by atoms with E-state index in [4.69, 9.17) is 4.74 Å². The van der Waals surface area contributed by atoms with Crippen molar-refractivity contribution >= 4 is 0 Å². The van der Waals surface area contributed by atoms with Gasteiger partial charge in [0.2, 0.25) is 5.88 Å². The van der Waals surface area contributed by atoms with Crippen molar-refractivity contribution in [1.82, 2.24) is 9.78 Å². The number of nitrogens with zero attached hydrogens (tertiary/aromatic N) is 2. The van der Waals surface area contributed by atoms with Gasteiger partial charge in [0, 0.05) is 18.5 Å². The van der Waals surface area contributed by atoms with Crippen LogP contribution in [0.5, 0.6) is 5.88 Å². The maximum atomic E-state index is 5.56. The van der Waals surface area contributed by atoms with Crippen LogP contribution in [-0.2, 0) is 6.54 Å². The minimum atomic E-state index is 0.506. The third kappa shape index (κ3) is 1.09. The van der Waals surface area contributed by atoms with Gasteiger partial charge in [0.15, 0.2) is 0 Å². The summed E-state index contributed by atoms with van der Waals surface area (Å²) < 4.78 is 7.51. The third-order valence-corrected chi connectivity index (χ3v) is 2.19. The summed E-state index contributed by atoms with van der Waals surface area (Å²) in [5, 5.41) is 4.27. The minimum Gasteiger partial charge on any atom is -0.478 e. The van der Waals surface area contributed by atoms with Crippen molar-refractivity contribution in [1.29, 1.82) is 0 Å². The lowest BCUT2D eigenvalue weighted by molar-refractivity contribution is 0.227. The molecule has 0 atom stereocenters. The standard InChI is InChI=1S/C9H14N2O/c1-7(2)8-6-10-11-4-3-5-12-9(8)11/h6-7H,3-5H2,1-2H3. The van der Waals surface area contributed by atoms with E-state index in [-0.39, 0.29) is 0 Å². The highest BCUT2D eigenvalue weighted by atomic mass is 16.5. The van der Waals surface area contributed by atoms with Crippen LogP contribution in [0.1, 0.15) is 31.7 Å². The number of fused-ring (bicyclic) bond motifs is 1. The monoisotopic (exact) mass is 166 g/mol. The Morgan fingerprint density at radius 2 is 2.42 bits per heavy atom. The summed E-state index contributed by atoms with van der Waals surface area (Å²) in [5.74, 6) is 1.49. The van der Waals surface area contributed by atoms with Crippen LogP contribution in [0.4, 0.5) is 0 Å². The highest BCUT2D eigenvalue weighted by Crippen LogP contribution is 2.28. The summed E-state index contributed by atoms with van der Waals surface area (Å²) in [5.41, 5.74) is 1.23. The summed E-state index contributed by atoms with van der Waals surface area (Å²) in [6.45, 7) is 6.17. The van der Waals surface area contributed by atoms with E-state index in [1.807, 2.05) is 10.9 Å². The van der Waals surface area contributed by atoms with Gasteiger partial charge in [0.25, 0.3) is 0 Å². The van der Waals surface area contributed by atoms with E-state index in [1.54, 1.807) is 0 Å². The van der Waals surface area contributed by atoms with Gasteiger partial charge in [-0.25, -0.2) is 4.68 Å². The average Bonchev–Trinajstić information content (AvgIpc) is 2.47. The highest BCUT2D eigenvalue weighted by Gasteiger charge is 2.17. The van der Waals surface area contributed by atoms with E-state index in [0.717, 1.165) is 25.5 Å². The molecule has 2 heterocycles. The molecule has 0 spiro atoms. The number of hydrogen-bond acceptors (Lipinski definition) is 2. The lowest BCUT2D eigenvalue weighted by Gasteiger charge is -2.16. The van der Waals surface area contributed by atoms with Gasteiger partial charge in [-0.15, -0.1) is 0 Å². The second kappa shape index (κ2) is 2.81. The van der Waals surface area contributed by atoms with E-state index in [9.17, 15) is 0 Å². The van der Waals surface area contributed by atoms with Crippen molar-refractivity contribution in [2.45, 2.75) is 32.7 Å². The first-order valence-electron chi connectivity index (χ1n) is 4.47. The van der Waals surface area contributed by atoms with Crippen LogP contribution in [0.3, 0.4) is 0 Å². The number of hydrogen-bond donors (Lipinski definition) is 0. The van der Waals surface area contributed by atoms with Gasteiger partial charge in [0.05, 0.1) is 12.8 Å². The lowest BCUT2D eigenvalue weighted by atomic mass is 10.1. The molecule has 1 aromatic heterocycles. The van der Waals surface area contributed by atoms with Crippen LogP contribution in [0.25, 0.3) is 0 Å². The second-order valence-corrected chi connectivity index (χ2v) is 3.48. The van der Waals surface area contributed by atoms with Crippen molar-refractivity contribution in [2.24, 2.45) is 0 Å². The van der Waals surface area contributed by atoms with E-state index in [0.29, 0.717) is 5.92 Å². The predicted molar refractivity (Wildman–Crippen MR) is 46.4 cm³/mol. The molecule has 0 saturated heterocycles. The molecule has 3 nitrogen and oxygen atoms in total. The Hall–Kier alpha value is -0.990. The molecule has 1 aliphatic heterocycles. The Labute approximate surface area is 72.3 Å². The van der Waals surface area contributed by atoms with Crippen molar-refractivity contribution in [2.75, 3.05) is 6.61 Å². The molecule has 0 N–H and O–H groups in total. The molecule has 2 rings (SSSR count). The SMILES string of the molecule is CC(C)c1cnn2c1OCCC2. The lowest BCUT2D eigenvalue weighted by Crippen LogP contribution is -2.15. The summed E-state index contributed by atoms with van der Waals surface area (Å²) in [7, 11) is 0. The van der Waals surface area contributed by atoms with Crippen LogP contribution in [-0.4, -0.2) is 16.4 Å². The number of aryl methyl sites for hydroxylation is 1. The maximum Gasteiger partial charge on any atom is 0.215 e. The van der Waals surface area contributed by atoms with Gasteiger partial charge in [-0.1, -0.05) is 13.8 Å². The van der Waals surface area contributed by atoms with E-state index < -0.39 is 0 Å². The van der Waals surface area contributed by atoms with Gasteiger partial charge in [0.1, 0.15) is 0 Å². The zero-order valence-electron chi connectivity index (χ0n) is 7.58. The zero-order chi connectivity index (χ0) is 8.55. The molecule has 0 radical (unpaired) electrons. The van der Waals surface area contributed by atoms with Crippen LogP contribution < -0.4 is 4.74 Å². The molecular weight excluding hydrogens is 152 g/mol. The van der Waals surface area contributed by atoms with E-state index in [1.165, 1.54) is 5.56 Å². The Kier molecular flexibility index (Phi) is 1.79. The summed E-state index contributed by atoms with van der Waals surface area (Å²) in [6.07, 6.45) is 3.00. The Balaban J connectivity index is 2.38. The fourth-order valence-electron chi connectivity index (χ4n) is 1.48. The Bertz CT molecular complexity index is 278. The molecule has 0 bridgehead atoms. The molecular formula is C9H14N2O. The molecule has 0 amide bonds. The third-order valence-electron chi connectivity index (χ3n) is 2.19. The summed E-state index contributed by atoms with van der Waals surface area (Å²) >= 11 is 0. The van der Waals surface area contributed by atoms with Crippen LogP contribution in [0, 0.1) is 0 Å². The smallest absolute Gasteiger partial charge is 0.215 e. The first-order chi connectivity index (χ1) is 5.79. The highest BCUT2D eigenvalue weighted by molar-refractivity contribution is 5.27. The molecule has 0 unspecified atom stereocenters. The molecule has 66 valence electrons. The van der Waals surface area contributed by atoms with E-state index in [2.05, 4.69) is 18.9 Å². The fraction of sp³-hybridized carbons (Fsp3) is 0.667. The van der Waals surface area contributed by atoms with E-state index >= 15 is 0 Å². The number of aromatic nitrogens is 2. The average molecular weight is 166 g/mol. The minimum absolute atomic E-state index is 0.506. The first kappa shape index (κ1) is 7.65. The fourth-order valence-corrected chi connectivity index (χ4v) is 1.48. The van der Waals surface area contributed by atoms with Crippen molar-refractivity contribution in [3.05, 3.63) is 11.8 Å². The second-order valence-electron chi connectivity index (χ2n) is 3.48. The summed E-state index contributed by atoms with van der Waals surface area (Å²) in [4.78, 5) is 0. The molecule has 0 saturated carbocycles. The largest absolute Gasteiger partial charge is 0.478 e. The molecule has 3 heteroatoms. The zero-order valence-corrected chi connectivity index (χ0v) is 7.58. The van der Waals surface area contributed by atoms with Gasteiger partial charge >= 0.3 is 0 Å². The van der Waals surface area contributed by atoms with Gasteiger partial charge in [-0.05, 0) is 5.92 Å². The van der Waals surface area contributed by atoms with Gasteiger partial charge in [-0.2, -0.15) is 5.10 Å². The number of ether oxygens (including phenoxy) is 1. The molecule has 12 heavy (non-hydrogen) atoms. The van der Waals surface area contributed by atoms with Crippen molar-refractivity contribution < 1.29 is 4.74 Å². The molecule has 0 aliphatic carbocycles. The Morgan fingerprint density at radius 3 is 3.17 bits per heavy atom. The van der Waals surface area contributed by atoms with Gasteiger partial charge < -0.3 is 4.74 Å². The quantitative estimate of drug-likeness (QED) is 0.636. The predicted octanol–water partition coefficient (Wildman–Crippen LogP) is 1.79. The van der Waals surface area contributed by atoms with Crippen LogP contribution in [0.15, 0.2) is 6.20 Å². The van der Waals surface area contributed by atoms with Crippen molar-refractivity contribution in [3.63, 3.8) is 0 Å². The Morgan fingerprint density at radius 1 is 1.58 bits per heavy atom. The maximum absolute atomic E-state index is 5.56.